The number of nitrogens with zero attached hydrogens (tertiary/aromatic N) is 4. The summed E-state index contributed by atoms with van der Waals surface area (Å²) in [6.45, 7) is 3.84. The van der Waals surface area contributed by atoms with E-state index in [4.69, 9.17) is 9.94 Å². The van der Waals surface area contributed by atoms with Gasteiger partial charge in [-0.3, -0.25) is 14.8 Å². The SMILES string of the molecule is CC(C)[C@H](C(=O)NO)N(C)C(=O)Cc1ccc(OCn2nnc3ccccc32)cc1. The van der Waals surface area contributed by atoms with Gasteiger partial charge in [0.1, 0.15) is 17.3 Å². The van der Waals surface area contributed by atoms with E-state index < -0.39 is 11.9 Å². The highest BCUT2D eigenvalue weighted by Gasteiger charge is 2.29. The number of rotatable bonds is 8. The third-order valence-electron chi connectivity index (χ3n) is 4.87. The molecule has 1 atom stereocenters. The van der Waals surface area contributed by atoms with Crippen LogP contribution in [0.1, 0.15) is 19.4 Å². The number of para-hydroxylation sites is 1. The predicted molar refractivity (Wildman–Crippen MR) is 110 cm³/mol. The average Bonchev–Trinajstić information content (AvgIpc) is 3.16. The first-order valence-electron chi connectivity index (χ1n) is 9.60. The van der Waals surface area contributed by atoms with Gasteiger partial charge in [0.05, 0.1) is 11.9 Å². The minimum absolute atomic E-state index is 0.131. The number of hydrogen-bond donors (Lipinski definition) is 2. The highest BCUT2D eigenvalue weighted by Crippen LogP contribution is 2.17. The fourth-order valence-electron chi connectivity index (χ4n) is 3.30. The molecule has 3 aromatic rings. The van der Waals surface area contributed by atoms with E-state index in [1.807, 2.05) is 38.1 Å². The molecule has 1 heterocycles. The summed E-state index contributed by atoms with van der Waals surface area (Å²) in [4.78, 5) is 25.8. The standard InChI is InChI=1S/C21H25N5O4/c1-14(2)20(21(28)23-29)25(3)19(27)12-15-8-10-16(11-9-15)30-13-26-18-7-5-4-6-17(18)22-24-26/h4-11,14,20,29H,12-13H2,1-3H3,(H,23,28)/t20-/m1/s1. The Balaban J connectivity index is 1.60. The molecule has 0 spiro atoms. The zero-order valence-electron chi connectivity index (χ0n) is 17.1. The zero-order chi connectivity index (χ0) is 21.7. The molecule has 1 aromatic heterocycles. The lowest BCUT2D eigenvalue weighted by atomic mass is 10.0. The van der Waals surface area contributed by atoms with Gasteiger partial charge in [-0.25, -0.2) is 10.2 Å². The van der Waals surface area contributed by atoms with Crippen molar-refractivity contribution in [3.05, 3.63) is 54.1 Å². The van der Waals surface area contributed by atoms with Gasteiger partial charge in [-0.2, -0.15) is 0 Å². The molecule has 0 aliphatic heterocycles. The van der Waals surface area contributed by atoms with Crippen molar-refractivity contribution in [2.45, 2.75) is 33.0 Å². The van der Waals surface area contributed by atoms with E-state index >= 15 is 0 Å². The number of ether oxygens (including phenoxy) is 1. The van der Waals surface area contributed by atoms with Crippen LogP contribution in [-0.2, 0) is 22.7 Å². The summed E-state index contributed by atoms with van der Waals surface area (Å²) in [5, 5.41) is 17.1. The van der Waals surface area contributed by atoms with Crippen LogP contribution >= 0.6 is 0 Å². The Morgan fingerprint density at radius 1 is 1.17 bits per heavy atom. The molecule has 9 nitrogen and oxygen atoms in total. The largest absolute Gasteiger partial charge is 0.471 e. The Morgan fingerprint density at radius 3 is 2.53 bits per heavy atom. The first-order valence-corrected chi connectivity index (χ1v) is 9.60. The van der Waals surface area contributed by atoms with Gasteiger partial charge < -0.3 is 9.64 Å². The third kappa shape index (κ3) is 4.74. The number of hydrogen-bond acceptors (Lipinski definition) is 6. The van der Waals surface area contributed by atoms with Gasteiger partial charge in [0, 0.05) is 7.05 Å². The molecule has 9 heteroatoms. The van der Waals surface area contributed by atoms with Gasteiger partial charge >= 0.3 is 0 Å². The summed E-state index contributed by atoms with van der Waals surface area (Å²) >= 11 is 0. The molecule has 0 aliphatic rings. The van der Waals surface area contributed by atoms with Gasteiger partial charge in [0.25, 0.3) is 5.91 Å². The van der Waals surface area contributed by atoms with Crippen LogP contribution in [0.25, 0.3) is 11.0 Å². The lowest BCUT2D eigenvalue weighted by Crippen LogP contribution is -2.50. The number of nitrogens with one attached hydrogen (secondary N) is 1. The number of amides is 2. The minimum atomic E-state index is -0.748. The molecule has 0 radical (unpaired) electrons. The van der Waals surface area contributed by atoms with E-state index in [-0.39, 0.29) is 25.0 Å². The van der Waals surface area contributed by atoms with E-state index in [0.717, 1.165) is 16.6 Å². The number of fused-ring (bicyclic) bond motifs is 1. The van der Waals surface area contributed by atoms with Gasteiger partial charge in [-0.15, -0.1) is 5.10 Å². The molecule has 158 valence electrons. The molecule has 0 saturated heterocycles. The van der Waals surface area contributed by atoms with Crippen molar-refractivity contribution in [1.29, 1.82) is 0 Å². The number of benzene rings is 2. The lowest BCUT2D eigenvalue weighted by molar-refractivity contribution is -0.144. The van der Waals surface area contributed by atoms with Crippen LogP contribution < -0.4 is 10.2 Å². The Bertz CT molecular complexity index is 1020. The van der Waals surface area contributed by atoms with E-state index in [9.17, 15) is 9.59 Å². The highest BCUT2D eigenvalue weighted by molar-refractivity contribution is 5.88. The van der Waals surface area contributed by atoms with Gasteiger partial charge in [0.2, 0.25) is 5.91 Å². The van der Waals surface area contributed by atoms with Gasteiger partial charge in [0.15, 0.2) is 6.73 Å². The zero-order valence-corrected chi connectivity index (χ0v) is 17.1. The highest BCUT2D eigenvalue weighted by atomic mass is 16.5. The number of carbonyl (C=O) groups is 2. The van der Waals surface area contributed by atoms with E-state index in [0.29, 0.717) is 5.75 Å². The van der Waals surface area contributed by atoms with Crippen molar-refractivity contribution < 1.29 is 19.5 Å². The minimum Gasteiger partial charge on any atom is -0.471 e. The first-order chi connectivity index (χ1) is 14.4. The van der Waals surface area contributed by atoms with Crippen LogP contribution in [0.4, 0.5) is 0 Å². The molecular formula is C21H25N5O4. The van der Waals surface area contributed by atoms with Crippen LogP contribution in [0.2, 0.25) is 0 Å². The molecule has 0 unspecified atom stereocenters. The van der Waals surface area contributed by atoms with Crippen molar-refractivity contribution in [2.24, 2.45) is 5.92 Å². The van der Waals surface area contributed by atoms with E-state index in [1.165, 1.54) is 4.90 Å². The molecule has 0 aliphatic carbocycles. The van der Waals surface area contributed by atoms with Crippen LogP contribution in [0, 0.1) is 5.92 Å². The maximum Gasteiger partial charge on any atom is 0.266 e. The summed E-state index contributed by atoms with van der Waals surface area (Å²) in [7, 11) is 1.56. The Labute approximate surface area is 174 Å². The number of carbonyl (C=O) groups excluding carboxylic acids is 2. The van der Waals surface area contributed by atoms with Crippen molar-refractivity contribution in [2.75, 3.05) is 7.05 Å². The first kappa shape index (κ1) is 21.3. The van der Waals surface area contributed by atoms with Crippen molar-refractivity contribution in [3.8, 4) is 5.75 Å². The summed E-state index contributed by atoms with van der Waals surface area (Å²) in [6, 6.07) is 14.0. The normalized spacial score (nSPS) is 12.0. The second kappa shape index (κ2) is 9.36. The van der Waals surface area contributed by atoms with Crippen LogP contribution in [0.3, 0.4) is 0 Å². The van der Waals surface area contributed by atoms with E-state index in [2.05, 4.69) is 10.3 Å². The fraction of sp³-hybridized carbons (Fsp3) is 0.333. The maximum atomic E-state index is 12.6. The second-order valence-electron chi connectivity index (χ2n) is 7.34. The smallest absolute Gasteiger partial charge is 0.266 e. The monoisotopic (exact) mass is 411 g/mol. The van der Waals surface area contributed by atoms with Gasteiger partial charge in [-0.1, -0.05) is 43.3 Å². The molecule has 0 fully saturated rings. The van der Waals surface area contributed by atoms with Crippen LogP contribution in [0.5, 0.6) is 5.75 Å². The second-order valence-corrected chi connectivity index (χ2v) is 7.34. The van der Waals surface area contributed by atoms with Crippen LogP contribution in [0.15, 0.2) is 48.5 Å². The van der Waals surface area contributed by atoms with Crippen molar-refractivity contribution >= 4 is 22.8 Å². The summed E-state index contributed by atoms with van der Waals surface area (Å²) in [5.74, 6) is -0.334. The average molecular weight is 411 g/mol. The molecule has 3 rings (SSSR count). The summed E-state index contributed by atoms with van der Waals surface area (Å²) < 4.78 is 7.43. The number of hydroxylamine groups is 1. The Hall–Kier alpha value is -3.46. The lowest BCUT2D eigenvalue weighted by Gasteiger charge is -2.29. The van der Waals surface area contributed by atoms with Crippen molar-refractivity contribution in [3.63, 3.8) is 0 Å². The summed E-state index contributed by atoms with van der Waals surface area (Å²) in [6.07, 6.45) is 0.131. The quantitative estimate of drug-likeness (QED) is 0.433. The molecule has 2 amide bonds. The molecule has 2 N–H and O–H groups in total. The fourth-order valence-corrected chi connectivity index (χ4v) is 3.30. The molecule has 30 heavy (non-hydrogen) atoms. The Kier molecular flexibility index (Phi) is 6.63. The predicted octanol–water partition coefficient (Wildman–Crippen LogP) is 2.00. The van der Waals surface area contributed by atoms with Crippen molar-refractivity contribution in [1.82, 2.24) is 25.4 Å². The maximum absolute atomic E-state index is 12.6. The summed E-state index contributed by atoms with van der Waals surface area (Å²) in [5.41, 5.74) is 4.10. The van der Waals surface area contributed by atoms with Gasteiger partial charge in [-0.05, 0) is 35.7 Å². The number of likely N-dealkylation sites (N-methyl/N-ethyl adjacent to an activating group) is 1. The molecule has 2 aromatic carbocycles. The third-order valence-corrected chi connectivity index (χ3v) is 4.87. The molecule has 0 bridgehead atoms. The number of aromatic nitrogens is 3. The molecular weight excluding hydrogens is 386 g/mol. The topological polar surface area (TPSA) is 110 Å². The van der Waals surface area contributed by atoms with Crippen LogP contribution in [-0.4, -0.2) is 50.0 Å². The Morgan fingerprint density at radius 2 is 1.87 bits per heavy atom. The van der Waals surface area contributed by atoms with E-state index in [1.54, 1.807) is 41.5 Å². The molecule has 0 saturated carbocycles.